The van der Waals surface area contributed by atoms with Crippen LogP contribution in [0.3, 0.4) is 0 Å². The minimum absolute atomic E-state index is 0.125. The highest BCUT2D eigenvalue weighted by atomic mass is 16.5. The van der Waals surface area contributed by atoms with Crippen molar-refractivity contribution in [3.05, 3.63) is 40.1 Å². The van der Waals surface area contributed by atoms with Crippen LogP contribution in [0.4, 0.5) is 5.69 Å². The average molecular weight is 317 g/mol. The topological polar surface area (TPSA) is 90.2 Å². The predicted molar refractivity (Wildman–Crippen MR) is 84.5 cm³/mol. The second kappa shape index (κ2) is 6.25. The summed E-state index contributed by atoms with van der Waals surface area (Å²) in [5.74, 6) is 1.02. The number of rotatable bonds is 3. The van der Waals surface area contributed by atoms with Crippen molar-refractivity contribution in [1.29, 1.82) is 0 Å². The number of nitrogens with one attached hydrogen (secondary N) is 2. The Kier molecular flexibility index (Phi) is 4.16. The molecule has 0 fully saturated rings. The molecule has 1 aromatic heterocycles. The van der Waals surface area contributed by atoms with Gasteiger partial charge in [0.15, 0.2) is 0 Å². The highest BCUT2D eigenvalue weighted by Gasteiger charge is 2.13. The Morgan fingerprint density at radius 2 is 2.30 bits per heavy atom. The molecular weight excluding hydrogens is 298 g/mol. The van der Waals surface area contributed by atoms with E-state index in [1.807, 2.05) is 12.1 Å². The molecular formula is C15H19N5O3. The van der Waals surface area contributed by atoms with E-state index in [-0.39, 0.29) is 18.1 Å². The molecule has 23 heavy (non-hydrogen) atoms. The largest absolute Gasteiger partial charge is 0.492 e. The molecule has 2 N–H and O–H groups in total. The van der Waals surface area contributed by atoms with Gasteiger partial charge in [-0.2, -0.15) is 5.10 Å². The number of amides is 1. The standard InChI is InChI=1S/C15H19N5O3/c1-10-18-20(15(22)19(10)2)9-14(21)17-12-4-3-11-8-16-5-6-23-13(11)7-12/h3-4,7,16H,5-6,8-9H2,1-2H3,(H,17,21). The van der Waals surface area contributed by atoms with Crippen LogP contribution in [0.1, 0.15) is 11.4 Å². The van der Waals surface area contributed by atoms with Crippen LogP contribution in [-0.4, -0.2) is 33.4 Å². The number of hydrogen-bond donors (Lipinski definition) is 2. The van der Waals surface area contributed by atoms with Crippen LogP contribution in [0.5, 0.6) is 5.75 Å². The molecule has 0 unspecified atom stereocenters. The summed E-state index contributed by atoms with van der Waals surface area (Å²) in [6, 6.07) is 5.53. The summed E-state index contributed by atoms with van der Waals surface area (Å²) in [4.78, 5) is 24.0. The van der Waals surface area contributed by atoms with Crippen molar-refractivity contribution in [2.24, 2.45) is 7.05 Å². The lowest BCUT2D eigenvalue weighted by atomic mass is 10.2. The third-order valence-electron chi connectivity index (χ3n) is 3.75. The van der Waals surface area contributed by atoms with E-state index in [1.165, 1.54) is 4.57 Å². The zero-order valence-corrected chi connectivity index (χ0v) is 13.1. The first-order valence-corrected chi connectivity index (χ1v) is 7.41. The second-order valence-electron chi connectivity index (χ2n) is 5.44. The number of aryl methyl sites for hydroxylation is 1. The van der Waals surface area contributed by atoms with Crippen LogP contribution >= 0.6 is 0 Å². The van der Waals surface area contributed by atoms with Crippen LogP contribution in [-0.2, 0) is 24.9 Å². The van der Waals surface area contributed by atoms with Gasteiger partial charge < -0.3 is 15.4 Å². The minimum atomic E-state index is -0.311. The van der Waals surface area contributed by atoms with E-state index >= 15 is 0 Å². The van der Waals surface area contributed by atoms with Crippen LogP contribution in [0, 0.1) is 6.92 Å². The SMILES string of the molecule is Cc1nn(CC(=O)Nc2ccc3c(c2)OCCNC3)c(=O)n1C. The van der Waals surface area contributed by atoms with Gasteiger partial charge in [-0.25, -0.2) is 9.48 Å². The lowest BCUT2D eigenvalue weighted by molar-refractivity contribution is -0.117. The first-order chi connectivity index (χ1) is 11.0. The Morgan fingerprint density at radius 3 is 3.04 bits per heavy atom. The Hall–Kier alpha value is -2.61. The lowest BCUT2D eigenvalue weighted by Gasteiger charge is -2.10. The smallest absolute Gasteiger partial charge is 0.346 e. The molecule has 0 aliphatic carbocycles. The van der Waals surface area contributed by atoms with Crippen LogP contribution in [0.2, 0.25) is 0 Å². The molecule has 0 saturated heterocycles. The number of benzene rings is 1. The summed E-state index contributed by atoms with van der Waals surface area (Å²) in [7, 11) is 1.62. The third-order valence-corrected chi connectivity index (χ3v) is 3.75. The molecule has 0 spiro atoms. The van der Waals surface area contributed by atoms with Crippen molar-refractivity contribution >= 4 is 11.6 Å². The van der Waals surface area contributed by atoms with E-state index in [4.69, 9.17) is 4.74 Å². The summed E-state index contributed by atoms with van der Waals surface area (Å²) in [5, 5.41) is 10.1. The number of hydrogen-bond acceptors (Lipinski definition) is 5. The zero-order valence-electron chi connectivity index (χ0n) is 13.1. The first-order valence-electron chi connectivity index (χ1n) is 7.41. The Labute approximate surface area is 133 Å². The van der Waals surface area contributed by atoms with Gasteiger partial charge in [0, 0.05) is 37.5 Å². The molecule has 1 aliphatic rings. The maximum Gasteiger partial charge on any atom is 0.346 e. The number of carbonyl (C=O) groups is 1. The van der Waals surface area contributed by atoms with Gasteiger partial charge in [-0.3, -0.25) is 9.36 Å². The van der Waals surface area contributed by atoms with Gasteiger partial charge >= 0.3 is 5.69 Å². The zero-order chi connectivity index (χ0) is 16.4. The van der Waals surface area contributed by atoms with Gasteiger partial charge in [-0.1, -0.05) is 6.07 Å². The number of anilines is 1. The van der Waals surface area contributed by atoms with E-state index in [9.17, 15) is 9.59 Å². The number of fused-ring (bicyclic) bond motifs is 1. The monoisotopic (exact) mass is 317 g/mol. The van der Waals surface area contributed by atoms with Gasteiger partial charge in [0.1, 0.15) is 24.7 Å². The summed E-state index contributed by atoms with van der Waals surface area (Å²) >= 11 is 0. The highest BCUT2D eigenvalue weighted by molar-refractivity contribution is 5.90. The molecule has 2 heterocycles. The summed E-state index contributed by atoms with van der Waals surface area (Å²) in [6.07, 6.45) is 0. The normalized spacial score (nSPS) is 13.8. The summed E-state index contributed by atoms with van der Waals surface area (Å²) in [5.41, 5.74) is 1.38. The second-order valence-corrected chi connectivity index (χ2v) is 5.44. The van der Waals surface area contributed by atoms with Gasteiger partial charge in [0.05, 0.1) is 0 Å². The minimum Gasteiger partial charge on any atom is -0.492 e. The number of carbonyl (C=O) groups excluding carboxylic acids is 1. The quantitative estimate of drug-likeness (QED) is 0.832. The van der Waals surface area contributed by atoms with Crippen molar-refractivity contribution in [2.45, 2.75) is 20.0 Å². The molecule has 1 aromatic carbocycles. The highest BCUT2D eigenvalue weighted by Crippen LogP contribution is 2.24. The molecule has 0 atom stereocenters. The van der Waals surface area contributed by atoms with Crippen molar-refractivity contribution in [1.82, 2.24) is 19.7 Å². The van der Waals surface area contributed by atoms with E-state index in [1.54, 1.807) is 20.0 Å². The van der Waals surface area contributed by atoms with Crippen LogP contribution in [0.25, 0.3) is 0 Å². The fourth-order valence-corrected chi connectivity index (χ4v) is 2.40. The fraction of sp³-hybridized carbons (Fsp3) is 0.400. The van der Waals surface area contributed by atoms with E-state index in [0.717, 1.165) is 29.1 Å². The number of nitrogens with zero attached hydrogens (tertiary/aromatic N) is 3. The fourth-order valence-electron chi connectivity index (χ4n) is 2.40. The number of aromatic nitrogens is 3. The molecule has 3 rings (SSSR count). The molecule has 8 nitrogen and oxygen atoms in total. The van der Waals surface area contributed by atoms with Gasteiger partial charge in [-0.15, -0.1) is 0 Å². The van der Waals surface area contributed by atoms with Gasteiger partial charge in [0.25, 0.3) is 0 Å². The van der Waals surface area contributed by atoms with E-state index in [2.05, 4.69) is 15.7 Å². The molecule has 0 radical (unpaired) electrons. The van der Waals surface area contributed by atoms with Crippen LogP contribution < -0.4 is 21.1 Å². The first kappa shape index (κ1) is 15.3. The Morgan fingerprint density at radius 1 is 1.48 bits per heavy atom. The predicted octanol–water partition coefficient (Wildman–Crippen LogP) is 0.0109. The van der Waals surface area contributed by atoms with Crippen molar-refractivity contribution in [3.63, 3.8) is 0 Å². The van der Waals surface area contributed by atoms with Gasteiger partial charge in [0.2, 0.25) is 5.91 Å². The van der Waals surface area contributed by atoms with E-state index < -0.39 is 0 Å². The molecule has 1 amide bonds. The summed E-state index contributed by atoms with van der Waals surface area (Å²) in [6.45, 7) is 3.71. The maximum absolute atomic E-state index is 12.1. The van der Waals surface area contributed by atoms with Crippen molar-refractivity contribution < 1.29 is 9.53 Å². The molecule has 2 aromatic rings. The molecule has 1 aliphatic heterocycles. The maximum atomic E-state index is 12.1. The Bertz CT molecular complexity index is 793. The van der Waals surface area contributed by atoms with Crippen LogP contribution in [0.15, 0.2) is 23.0 Å². The average Bonchev–Trinajstić information content (AvgIpc) is 2.73. The third kappa shape index (κ3) is 3.26. The Balaban J connectivity index is 1.71. The van der Waals surface area contributed by atoms with E-state index in [0.29, 0.717) is 18.1 Å². The molecule has 0 bridgehead atoms. The lowest BCUT2D eigenvalue weighted by Crippen LogP contribution is -2.29. The molecule has 8 heteroatoms. The molecule has 0 saturated carbocycles. The van der Waals surface area contributed by atoms with Gasteiger partial charge in [-0.05, 0) is 13.0 Å². The van der Waals surface area contributed by atoms with Crippen molar-refractivity contribution in [3.8, 4) is 5.75 Å². The number of ether oxygens (including phenoxy) is 1. The van der Waals surface area contributed by atoms with Crippen molar-refractivity contribution in [2.75, 3.05) is 18.5 Å². The summed E-state index contributed by atoms with van der Waals surface area (Å²) < 4.78 is 8.19. The molecule has 122 valence electrons.